The number of piperidine rings is 1. The summed E-state index contributed by atoms with van der Waals surface area (Å²) >= 11 is 0. The van der Waals surface area contributed by atoms with Crippen LogP contribution in [0.3, 0.4) is 0 Å². The molecule has 24 heavy (non-hydrogen) atoms. The predicted octanol–water partition coefficient (Wildman–Crippen LogP) is 2.65. The van der Waals surface area contributed by atoms with Gasteiger partial charge in [0, 0.05) is 24.8 Å². The summed E-state index contributed by atoms with van der Waals surface area (Å²) in [5, 5.41) is 0. The molecule has 0 spiro atoms. The second-order valence-corrected chi connectivity index (χ2v) is 6.26. The monoisotopic (exact) mass is 321 g/mol. The van der Waals surface area contributed by atoms with Crippen LogP contribution in [0.15, 0.2) is 24.7 Å². The van der Waals surface area contributed by atoms with Gasteiger partial charge < -0.3 is 10.6 Å². The highest BCUT2D eigenvalue weighted by Crippen LogP contribution is 2.25. The number of pyridine rings is 1. The van der Waals surface area contributed by atoms with Gasteiger partial charge in [0.1, 0.15) is 18.0 Å². The second-order valence-electron chi connectivity index (χ2n) is 6.26. The lowest BCUT2D eigenvalue weighted by Crippen LogP contribution is -2.34. The molecule has 2 aromatic heterocycles. The van der Waals surface area contributed by atoms with Gasteiger partial charge in [-0.2, -0.15) is 0 Å². The van der Waals surface area contributed by atoms with Crippen LogP contribution in [-0.2, 0) is 6.42 Å². The summed E-state index contributed by atoms with van der Waals surface area (Å²) in [6.45, 7) is 6.46. The lowest BCUT2D eigenvalue weighted by molar-refractivity contribution is 0.436. The number of hydrogen-bond acceptors (Lipinski definition) is 5. The molecule has 0 aliphatic carbocycles. The van der Waals surface area contributed by atoms with Gasteiger partial charge in [-0.1, -0.05) is 25.7 Å². The fourth-order valence-electron chi connectivity index (χ4n) is 2.88. The number of nitrogens with two attached hydrogens (primary N) is 1. The van der Waals surface area contributed by atoms with E-state index in [2.05, 4.69) is 45.5 Å². The van der Waals surface area contributed by atoms with E-state index in [9.17, 15) is 0 Å². The van der Waals surface area contributed by atoms with Crippen molar-refractivity contribution in [2.24, 2.45) is 5.92 Å². The lowest BCUT2D eigenvalue weighted by atomic mass is 9.98. The molecule has 2 N–H and O–H groups in total. The third-order valence-corrected chi connectivity index (χ3v) is 4.44. The summed E-state index contributed by atoms with van der Waals surface area (Å²) in [7, 11) is 0. The highest BCUT2D eigenvalue weighted by molar-refractivity contribution is 5.59. The number of hydrogen-bond donors (Lipinski definition) is 1. The first-order valence-electron chi connectivity index (χ1n) is 8.49. The molecule has 5 heteroatoms. The lowest BCUT2D eigenvalue weighted by Gasteiger charge is -2.32. The highest BCUT2D eigenvalue weighted by atomic mass is 15.2. The second kappa shape index (κ2) is 7.31. The Bertz CT molecular complexity index is 750. The van der Waals surface area contributed by atoms with Crippen LogP contribution in [0.4, 0.5) is 11.6 Å². The predicted molar refractivity (Wildman–Crippen MR) is 96.7 cm³/mol. The third kappa shape index (κ3) is 3.65. The quantitative estimate of drug-likeness (QED) is 0.861. The van der Waals surface area contributed by atoms with Gasteiger partial charge in [-0.25, -0.2) is 15.0 Å². The van der Waals surface area contributed by atoms with Crippen LogP contribution in [0, 0.1) is 17.8 Å². The zero-order valence-corrected chi connectivity index (χ0v) is 14.3. The minimum absolute atomic E-state index is 0.501. The summed E-state index contributed by atoms with van der Waals surface area (Å²) in [6.07, 6.45) is 6.58. The first-order chi connectivity index (χ1) is 11.7. The minimum atomic E-state index is 0.501. The number of rotatable bonds is 2. The van der Waals surface area contributed by atoms with E-state index in [-0.39, 0.29) is 0 Å². The van der Waals surface area contributed by atoms with Gasteiger partial charge in [-0.15, -0.1) is 0 Å². The molecule has 0 bridgehead atoms. The molecule has 0 amide bonds. The molecule has 0 atom stereocenters. The van der Waals surface area contributed by atoms with Gasteiger partial charge in [0.25, 0.3) is 0 Å². The maximum atomic E-state index is 5.63. The van der Waals surface area contributed by atoms with Crippen LogP contribution in [0.2, 0.25) is 0 Å². The minimum Gasteiger partial charge on any atom is -0.384 e. The smallest absolute Gasteiger partial charge is 0.148 e. The SMILES string of the molecule is CCc1ncnc(N2CCC(C)CC2)c1C#Cc1ccc(N)nc1. The molecule has 0 unspecified atom stereocenters. The molecule has 5 nitrogen and oxygen atoms in total. The molecule has 0 aromatic carbocycles. The molecule has 3 heterocycles. The third-order valence-electron chi connectivity index (χ3n) is 4.44. The Hall–Kier alpha value is -2.61. The average Bonchev–Trinajstić information content (AvgIpc) is 2.61. The molecule has 3 rings (SSSR count). The van der Waals surface area contributed by atoms with Crippen molar-refractivity contribution in [1.29, 1.82) is 0 Å². The molecule has 0 saturated carbocycles. The summed E-state index contributed by atoms with van der Waals surface area (Å²) in [4.78, 5) is 15.4. The first-order valence-corrected chi connectivity index (χ1v) is 8.49. The Kier molecular flexibility index (Phi) is 4.95. The molecule has 124 valence electrons. The van der Waals surface area contributed by atoms with E-state index in [1.807, 2.05) is 6.07 Å². The molecular formula is C19H23N5. The number of nitrogens with zero attached hydrogens (tertiary/aromatic N) is 4. The van der Waals surface area contributed by atoms with Crippen molar-refractivity contribution in [1.82, 2.24) is 15.0 Å². The Morgan fingerprint density at radius 3 is 2.62 bits per heavy atom. The Labute approximate surface area is 143 Å². The van der Waals surface area contributed by atoms with Gasteiger partial charge >= 0.3 is 0 Å². The Morgan fingerprint density at radius 1 is 1.17 bits per heavy atom. The van der Waals surface area contributed by atoms with Crippen LogP contribution in [0.1, 0.15) is 43.5 Å². The molecule has 2 aromatic rings. The van der Waals surface area contributed by atoms with Crippen LogP contribution >= 0.6 is 0 Å². The van der Waals surface area contributed by atoms with E-state index in [1.54, 1.807) is 18.6 Å². The van der Waals surface area contributed by atoms with Crippen LogP contribution in [-0.4, -0.2) is 28.0 Å². The van der Waals surface area contributed by atoms with E-state index in [0.717, 1.165) is 48.1 Å². The van der Waals surface area contributed by atoms with E-state index < -0.39 is 0 Å². The van der Waals surface area contributed by atoms with Crippen molar-refractivity contribution < 1.29 is 0 Å². The molecule has 1 saturated heterocycles. The van der Waals surface area contributed by atoms with Crippen molar-refractivity contribution in [3.8, 4) is 11.8 Å². The van der Waals surface area contributed by atoms with E-state index >= 15 is 0 Å². The topological polar surface area (TPSA) is 67.9 Å². The van der Waals surface area contributed by atoms with Gasteiger partial charge in [-0.05, 0) is 37.3 Å². The van der Waals surface area contributed by atoms with E-state index in [4.69, 9.17) is 5.73 Å². The number of nitrogen functional groups attached to an aromatic ring is 1. The fraction of sp³-hybridized carbons (Fsp3) is 0.421. The Balaban J connectivity index is 1.95. The first kappa shape index (κ1) is 16.3. The summed E-state index contributed by atoms with van der Waals surface area (Å²) in [5.41, 5.74) is 8.40. The van der Waals surface area contributed by atoms with Crippen LogP contribution < -0.4 is 10.6 Å². The van der Waals surface area contributed by atoms with Crippen molar-refractivity contribution in [3.63, 3.8) is 0 Å². The fourth-order valence-corrected chi connectivity index (χ4v) is 2.88. The molecule has 1 fully saturated rings. The molecule has 0 radical (unpaired) electrons. The van der Waals surface area contributed by atoms with Gasteiger partial charge in [-0.3, -0.25) is 0 Å². The maximum Gasteiger partial charge on any atom is 0.148 e. The van der Waals surface area contributed by atoms with E-state index in [1.165, 1.54) is 12.8 Å². The van der Waals surface area contributed by atoms with Gasteiger partial charge in [0.2, 0.25) is 0 Å². The Morgan fingerprint density at radius 2 is 1.96 bits per heavy atom. The molecule has 1 aliphatic rings. The van der Waals surface area contributed by atoms with Gasteiger partial charge in [0.15, 0.2) is 0 Å². The normalized spacial score (nSPS) is 15.0. The van der Waals surface area contributed by atoms with Crippen molar-refractivity contribution in [2.45, 2.75) is 33.1 Å². The van der Waals surface area contributed by atoms with Crippen LogP contribution in [0.5, 0.6) is 0 Å². The highest BCUT2D eigenvalue weighted by Gasteiger charge is 2.20. The molecular weight excluding hydrogens is 298 g/mol. The molecule has 1 aliphatic heterocycles. The number of anilines is 2. The maximum absolute atomic E-state index is 5.63. The van der Waals surface area contributed by atoms with Crippen LogP contribution in [0.25, 0.3) is 0 Å². The zero-order valence-electron chi connectivity index (χ0n) is 14.3. The van der Waals surface area contributed by atoms with Gasteiger partial charge in [0.05, 0.1) is 11.3 Å². The van der Waals surface area contributed by atoms with E-state index in [0.29, 0.717) is 5.82 Å². The number of aryl methyl sites for hydroxylation is 1. The van der Waals surface area contributed by atoms with Crippen molar-refractivity contribution in [3.05, 3.63) is 41.5 Å². The van der Waals surface area contributed by atoms with Crippen molar-refractivity contribution >= 4 is 11.6 Å². The largest absolute Gasteiger partial charge is 0.384 e. The number of aromatic nitrogens is 3. The standard InChI is InChI=1S/C19H23N5/c1-3-17-16(6-4-15-5-7-18(20)21-12-15)19(23-13-22-17)24-10-8-14(2)9-11-24/h5,7,12-14H,3,8-11H2,1-2H3,(H2,20,21). The summed E-state index contributed by atoms with van der Waals surface area (Å²) in [6, 6.07) is 3.65. The van der Waals surface area contributed by atoms with Crippen molar-refractivity contribution in [2.75, 3.05) is 23.7 Å². The average molecular weight is 321 g/mol. The summed E-state index contributed by atoms with van der Waals surface area (Å²) < 4.78 is 0. The zero-order chi connectivity index (χ0) is 16.9. The summed E-state index contributed by atoms with van der Waals surface area (Å²) in [5.74, 6) is 8.70.